The van der Waals surface area contributed by atoms with Gasteiger partial charge in [-0.25, -0.2) is 0 Å². The van der Waals surface area contributed by atoms with Crippen LogP contribution in [0.25, 0.3) is 0 Å². The number of nitrogens with one attached hydrogen (secondary N) is 2. The van der Waals surface area contributed by atoms with E-state index in [0.29, 0.717) is 11.8 Å². The number of carbonyl (C=O) groups excluding carboxylic acids is 2. The summed E-state index contributed by atoms with van der Waals surface area (Å²) in [4.78, 5) is 25.6. The van der Waals surface area contributed by atoms with Crippen molar-refractivity contribution in [3.05, 3.63) is 11.8 Å². The fourth-order valence-electron chi connectivity index (χ4n) is 3.00. The summed E-state index contributed by atoms with van der Waals surface area (Å²) < 4.78 is 5.00. The molecular weight excluding hydrogens is 296 g/mol. The molecule has 1 aliphatic heterocycles. The number of hydrogen-bond donors (Lipinski definition) is 2. The highest BCUT2D eigenvalue weighted by molar-refractivity contribution is 5.93. The van der Waals surface area contributed by atoms with Crippen molar-refractivity contribution < 1.29 is 14.1 Å². The van der Waals surface area contributed by atoms with Crippen LogP contribution in [0.3, 0.4) is 0 Å². The lowest BCUT2D eigenvalue weighted by Gasteiger charge is -2.39. The summed E-state index contributed by atoms with van der Waals surface area (Å²) in [6, 6.07) is 1.57. The van der Waals surface area contributed by atoms with E-state index in [-0.39, 0.29) is 23.9 Å². The molecule has 7 nitrogen and oxygen atoms in total. The largest absolute Gasteiger partial charge is 0.343 e. The van der Waals surface area contributed by atoms with E-state index in [4.69, 9.17) is 4.52 Å². The number of carbonyl (C=O) groups is 2. The maximum absolute atomic E-state index is 12.2. The molecule has 0 spiro atoms. The summed E-state index contributed by atoms with van der Waals surface area (Å²) in [7, 11) is 0. The van der Waals surface area contributed by atoms with Crippen molar-refractivity contribution in [2.75, 3.05) is 18.4 Å². The first-order chi connectivity index (χ1) is 10.9. The van der Waals surface area contributed by atoms with Crippen molar-refractivity contribution in [2.45, 2.75) is 52.6 Å². The van der Waals surface area contributed by atoms with Gasteiger partial charge in [0.25, 0.3) is 0 Å². The van der Waals surface area contributed by atoms with E-state index in [1.807, 2.05) is 11.8 Å². The van der Waals surface area contributed by atoms with Gasteiger partial charge >= 0.3 is 0 Å². The van der Waals surface area contributed by atoms with E-state index in [1.165, 1.54) is 0 Å². The van der Waals surface area contributed by atoms with E-state index in [0.717, 1.165) is 31.6 Å². The number of aromatic nitrogens is 1. The Morgan fingerprint density at radius 1 is 1.52 bits per heavy atom. The molecule has 0 unspecified atom stereocenters. The molecule has 0 bridgehead atoms. The molecular formula is C16H26N4O3. The molecule has 128 valence electrons. The predicted octanol–water partition coefficient (Wildman–Crippen LogP) is 1.55. The van der Waals surface area contributed by atoms with E-state index in [1.54, 1.807) is 19.9 Å². The molecule has 2 N–H and O–H groups in total. The van der Waals surface area contributed by atoms with Gasteiger partial charge in [0.1, 0.15) is 0 Å². The van der Waals surface area contributed by atoms with Crippen LogP contribution in [0, 0.1) is 12.8 Å². The second-order valence-electron chi connectivity index (χ2n) is 6.24. The Morgan fingerprint density at radius 3 is 2.83 bits per heavy atom. The SMILES string of the molecule is CC[C@@H]1CN(C(C)=O)CC[C@H]1N[C@@H](C)C(=O)Nc1cc(C)no1. The average Bonchev–Trinajstić information content (AvgIpc) is 2.92. The molecule has 23 heavy (non-hydrogen) atoms. The number of nitrogens with zero attached hydrogens (tertiary/aromatic N) is 2. The van der Waals surface area contributed by atoms with E-state index in [9.17, 15) is 9.59 Å². The molecule has 3 atom stereocenters. The van der Waals surface area contributed by atoms with Crippen LogP contribution in [0.5, 0.6) is 0 Å². The fraction of sp³-hybridized carbons (Fsp3) is 0.688. The molecule has 1 fully saturated rings. The lowest BCUT2D eigenvalue weighted by atomic mass is 9.89. The van der Waals surface area contributed by atoms with Crippen molar-refractivity contribution in [1.82, 2.24) is 15.4 Å². The molecule has 0 saturated carbocycles. The molecule has 2 heterocycles. The summed E-state index contributed by atoms with van der Waals surface area (Å²) in [5.74, 6) is 0.688. The molecule has 1 saturated heterocycles. The number of likely N-dealkylation sites (tertiary alicyclic amines) is 1. The Balaban J connectivity index is 1.89. The number of rotatable bonds is 5. The van der Waals surface area contributed by atoms with Crippen molar-refractivity contribution in [2.24, 2.45) is 5.92 Å². The monoisotopic (exact) mass is 322 g/mol. The van der Waals surface area contributed by atoms with Gasteiger partial charge in [-0.05, 0) is 26.2 Å². The van der Waals surface area contributed by atoms with Gasteiger partial charge in [-0.3, -0.25) is 14.9 Å². The molecule has 0 aliphatic carbocycles. The van der Waals surface area contributed by atoms with Crippen LogP contribution in [0.2, 0.25) is 0 Å². The first-order valence-corrected chi connectivity index (χ1v) is 8.16. The van der Waals surface area contributed by atoms with E-state index >= 15 is 0 Å². The number of amides is 2. The van der Waals surface area contributed by atoms with Crippen molar-refractivity contribution in [3.63, 3.8) is 0 Å². The smallest absolute Gasteiger partial charge is 0.243 e. The Hall–Kier alpha value is -1.89. The number of anilines is 1. The van der Waals surface area contributed by atoms with Crippen LogP contribution >= 0.6 is 0 Å². The highest BCUT2D eigenvalue weighted by Gasteiger charge is 2.31. The van der Waals surface area contributed by atoms with Crippen molar-refractivity contribution >= 4 is 17.7 Å². The molecule has 2 rings (SSSR count). The highest BCUT2D eigenvalue weighted by Crippen LogP contribution is 2.21. The van der Waals surface area contributed by atoms with Gasteiger partial charge in [0, 0.05) is 32.1 Å². The number of hydrogen-bond acceptors (Lipinski definition) is 5. The first kappa shape index (κ1) is 17.5. The van der Waals surface area contributed by atoms with Gasteiger partial charge in [-0.2, -0.15) is 0 Å². The Bertz CT molecular complexity index is 557. The summed E-state index contributed by atoms with van der Waals surface area (Å²) in [5.41, 5.74) is 0.726. The maximum atomic E-state index is 12.2. The molecule has 0 aromatic carbocycles. The lowest BCUT2D eigenvalue weighted by Crippen LogP contribution is -2.54. The van der Waals surface area contributed by atoms with Gasteiger partial charge in [-0.1, -0.05) is 18.5 Å². The Labute approximate surface area is 136 Å². The fourth-order valence-corrected chi connectivity index (χ4v) is 3.00. The maximum Gasteiger partial charge on any atom is 0.243 e. The Kier molecular flexibility index (Phi) is 5.76. The number of aryl methyl sites for hydroxylation is 1. The quantitative estimate of drug-likeness (QED) is 0.859. The van der Waals surface area contributed by atoms with Crippen LogP contribution in [0.4, 0.5) is 5.88 Å². The minimum Gasteiger partial charge on any atom is -0.343 e. The minimum atomic E-state index is -0.344. The average molecular weight is 322 g/mol. The third-order valence-electron chi connectivity index (χ3n) is 4.44. The van der Waals surface area contributed by atoms with Gasteiger partial charge in [0.2, 0.25) is 17.7 Å². The summed E-state index contributed by atoms with van der Waals surface area (Å²) in [6.07, 6.45) is 1.83. The van der Waals surface area contributed by atoms with Crippen LogP contribution in [-0.2, 0) is 9.59 Å². The van der Waals surface area contributed by atoms with Crippen molar-refractivity contribution in [1.29, 1.82) is 0 Å². The lowest BCUT2D eigenvalue weighted by molar-refractivity contribution is -0.131. The standard InChI is InChI=1S/C16H26N4O3/c1-5-13-9-20(12(4)21)7-6-14(13)17-11(3)16(22)18-15-8-10(2)19-23-15/h8,11,13-14,17H,5-7,9H2,1-4H3,(H,18,22)/t11-,13+,14+/m0/s1. The van der Waals surface area contributed by atoms with Crippen LogP contribution in [-0.4, -0.2) is 47.0 Å². The molecule has 7 heteroatoms. The van der Waals surface area contributed by atoms with Gasteiger partial charge < -0.3 is 14.7 Å². The minimum absolute atomic E-state index is 0.119. The van der Waals surface area contributed by atoms with Crippen molar-refractivity contribution in [3.8, 4) is 0 Å². The normalized spacial score (nSPS) is 22.7. The summed E-state index contributed by atoms with van der Waals surface area (Å²) in [6.45, 7) is 8.84. The molecule has 2 amide bonds. The Morgan fingerprint density at radius 2 is 2.26 bits per heavy atom. The van der Waals surface area contributed by atoms with Gasteiger partial charge in [0.15, 0.2) is 0 Å². The first-order valence-electron chi connectivity index (χ1n) is 8.16. The predicted molar refractivity (Wildman–Crippen MR) is 86.9 cm³/mol. The number of piperidine rings is 1. The second kappa shape index (κ2) is 7.59. The van der Waals surface area contributed by atoms with E-state index < -0.39 is 0 Å². The third kappa shape index (κ3) is 4.54. The van der Waals surface area contributed by atoms with Gasteiger partial charge in [-0.15, -0.1) is 0 Å². The zero-order chi connectivity index (χ0) is 17.0. The summed E-state index contributed by atoms with van der Waals surface area (Å²) >= 11 is 0. The van der Waals surface area contributed by atoms with Crippen LogP contribution < -0.4 is 10.6 Å². The molecule has 1 aliphatic rings. The van der Waals surface area contributed by atoms with Gasteiger partial charge in [0.05, 0.1) is 11.7 Å². The highest BCUT2D eigenvalue weighted by atomic mass is 16.5. The third-order valence-corrected chi connectivity index (χ3v) is 4.44. The second-order valence-corrected chi connectivity index (χ2v) is 6.24. The zero-order valence-corrected chi connectivity index (χ0v) is 14.3. The van der Waals surface area contributed by atoms with Crippen LogP contribution in [0.15, 0.2) is 10.6 Å². The molecule has 1 aromatic rings. The van der Waals surface area contributed by atoms with E-state index in [2.05, 4.69) is 22.7 Å². The topological polar surface area (TPSA) is 87.5 Å². The van der Waals surface area contributed by atoms with Crippen LogP contribution in [0.1, 0.15) is 39.3 Å². The summed E-state index contributed by atoms with van der Waals surface area (Å²) in [5, 5.41) is 9.86. The molecule has 0 radical (unpaired) electrons. The zero-order valence-electron chi connectivity index (χ0n) is 14.3. The molecule has 1 aromatic heterocycles.